The number of unbranched alkanes of at least 4 members (excludes halogenated alkanes) is 29. The molecular weight excluding hydrogens is 1310 g/mol. The number of esters is 4. The van der Waals surface area contributed by atoms with Gasteiger partial charge >= 0.3 is 39.5 Å². The maximum atomic E-state index is 13.1. The molecule has 0 saturated heterocycles. The fraction of sp³-hybridized carbons (Fsp3) is 0.728. The van der Waals surface area contributed by atoms with Crippen LogP contribution in [0.1, 0.15) is 323 Å². The van der Waals surface area contributed by atoms with Gasteiger partial charge in [0.25, 0.3) is 0 Å². The van der Waals surface area contributed by atoms with Crippen LogP contribution in [-0.4, -0.2) is 96.7 Å². The van der Waals surface area contributed by atoms with Crippen molar-refractivity contribution < 1.29 is 80.2 Å². The largest absolute Gasteiger partial charge is 0.472 e. The molecule has 0 bridgehead atoms. The molecule has 0 aromatic rings. The number of aliphatic hydroxyl groups excluding tert-OH is 1. The van der Waals surface area contributed by atoms with Crippen LogP contribution in [0.3, 0.4) is 0 Å². The molecule has 17 nitrogen and oxygen atoms in total. The van der Waals surface area contributed by atoms with Gasteiger partial charge in [0.1, 0.15) is 19.3 Å². The molecule has 0 radical (unpaired) electrons. The minimum atomic E-state index is -5.00. The molecule has 0 amide bonds. The number of carbonyl (C=O) groups excluding carboxylic acids is 4. The van der Waals surface area contributed by atoms with Crippen molar-refractivity contribution >= 4 is 39.5 Å². The molecule has 2 unspecified atom stereocenters. The molecule has 0 aliphatic rings. The first-order valence-corrected chi connectivity index (χ1v) is 42.1. The third kappa shape index (κ3) is 72.1. The van der Waals surface area contributed by atoms with Gasteiger partial charge in [0.2, 0.25) is 0 Å². The van der Waals surface area contributed by atoms with Crippen LogP contribution >= 0.6 is 15.6 Å². The van der Waals surface area contributed by atoms with Gasteiger partial charge in [0.05, 0.1) is 26.4 Å². The van der Waals surface area contributed by atoms with Gasteiger partial charge < -0.3 is 33.8 Å². The van der Waals surface area contributed by atoms with Crippen molar-refractivity contribution in [3.8, 4) is 0 Å². The zero-order valence-corrected chi connectivity index (χ0v) is 64.6. The minimum Gasteiger partial charge on any atom is -0.462 e. The third-order valence-electron chi connectivity index (χ3n) is 16.2. The highest BCUT2D eigenvalue weighted by Gasteiger charge is 2.30. The van der Waals surface area contributed by atoms with Crippen LogP contribution in [0, 0.1) is 0 Å². The molecule has 0 fully saturated rings. The zero-order chi connectivity index (χ0) is 73.2. The van der Waals surface area contributed by atoms with Crippen LogP contribution < -0.4 is 0 Å². The Morgan fingerprint density at radius 1 is 0.280 bits per heavy atom. The Balaban J connectivity index is 5.45. The van der Waals surface area contributed by atoms with Gasteiger partial charge in [0, 0.05) is 25.7 Å². The second kappa shape index (κ2) is 73.0. The first-order valence-electron chi connectivity index (χ1n) is 39.1. The van der Waals surface area contributed by atoms with Crippen LogP contribution in [0.4, 0.5) is 0 Å². The maximum Gasteiger partial charge on any atom is 0.472 e. The summed E-state index contributed by atoms with van der Waals surface area (Å²) in [6.45, 7) is 4.69. The fourth-order valence-electron chi connectivity index (χ4n) is 10.2. The molecule has 0 aromatic carbocycles. The fourth-order valence-corrected chi connectivity index (χ4v) is 11.8. The lowest BCUT2D eigenvalue weighted by atomic mass is 10.0. The summed E-state index contributed by atoms with van der Waals surface area (Å²) in [7, 11) is -9.98. The van der Waals surface area contributed by atoms with Crippen molar-refractivity contribution in [1.82, 2.24) is 0 Å². The Kier molecular flexibility index (Phi) is 69.9. The topological polar surface area (TPSA) is 237 Å². The summed E-state index contributed by atoms with van der Waals surface area (Å²) in [6, 6.07) is 0. The highest BCUT2D eigenvalue weighted by Crippen LogP contribution is 2.45. The number of phosphoric acid groups is 2. The number of hydrogen-bond acceptors (Lipinski definition) is 15. The van der Waals surface area contributed by atoms with Crippen LogP contribution in [0.25, 0.3) is 0 Å². The van der Waals surface area contributed by atoms with Crippen molar-refractivity contribution in [3.05, 3.63) is 109 Å². The number of aliphatic hydroxyl groups is 1. The molecule has 3 N–H and O–H groups in total. The van der Waals surface area contributed by atoms with Gasteiger partial charge in [-0.25, -0.2) is 9.13 Å². The van der Waals surface area contributed by atoms with Crippen molar-refractivity contribution in [3.63, 3.8) is 0 Å². The smallest absolute Gasteiger partial charge is 0.462 e. The van der Waals surface area contributed by atoms with E-state index in [0.717, 1.165) is 109 Å². The summed E-state index contributed by atoms with van der Waals surface area (Å²) >= 11 is 0. The normalized spacial score (nSPS) is 14.5. The van der Waals surface area contributed by atoms with Crippen LogP contribution in [-0.2, 0) is 65.4 Å². The number of allylic oxidation sites excluding steroid dienone is 18. The molecular formula is C81H140O17P2. The summed E-state index contributed by atoms with van der Waals surface area (Å²) in [6.07, 6.45) is 78.0. The molecule has 5 atom stereocenters. The highest BCUT2D eigenvalue weighted by atomic mass is 31.2. The second-order valence-electron chi connectivity index (χ2n) is 25.9. The lowest BCUT2D eigenvalue weighted by molar-refractivity contribution is -0.161. The Morgan fingerprint density at radius 3 is 0.840 bits per heavy atom. The summed E-state index contributed by atoms with van der Waals surface area (Å²) < 4.78 is 68.4. The van der Waals surface area contributed by atoms with Gasteiger partial charge in [0.15, 0.2) is 12.2 Å². The van der Waals surface area contributed by atoms with Crippen molar-refractivity contribution in [2.24, 2.45) is 0 Å². The Labute approximate surface area is 607 Å². The minimum absolute atomic E-state index is 0.00632. The van der Waals surface area contributed by atoms with Crippen LogP contribution in [0.15, 0.2) is 109 Å². The van der Waals surface area contributed by atoms with Crippen molar-refractivity contribution in [2.45, 2.75) is 341 Å². The van der Waals surface area contributed by atoms with Gasteiger partial charge in [-0.05, 0) is 128 Å². The van der Waals surface area contributed by atoms with Crippen LogP contribution in [0.2, 0.25) is 0 Å². The summed E-state index contributed by atoms with van der Waals surface area (Å²) in [5.41, 5.74) is 0. The molecule has 0 heterocycles. The highest BCUT2D eigenvalue weighted by molar-refractivity contribution is 7.47. The van der Waals surface area contributed by atoms with E-state index in [4.69, 9.17) is 37.0 Å². The van der Waals surface area contributed by atoms with Crippen molar-refractivity contribution in [2.75, 3.05) is 39.6 Å². The molecule has 0 spiro atoms. The number of rotatable bonds is 73. The maximum absolute atomic E-state index is 13.1. The predicted molar refractivity (Wildman–Crippen MR) is 408 cm³/mol. The molecule has 0 rings (SSSR count). The van der Waals surface area contributed by atoms with Crippen LogP contribution in [0.5, 0.6) is 0 Å². The van der Waals surface area contributed by atoms with Gasteiger partial charge in [-0.3, -0.25) is 37.3 Å². The third-order valence-corrected chi connectivity index (χ3v) is 18.1. The van der Waals surface area contributed by atoms with Gasteiger partial charge in [-0.2, -0.15) is 0 Å². The van der Waals surface area contributed by atoms with Crippen molar-refractivity contribution in [1.29, 1.82) is 0 Å². The molecule has 0 saturated carbocycles. The van der Waals surface area contributed by atoms with E-state index in [9.17, 15) is 43.2 Å². The number of phosphoric ester groups is 2. The lowest BCUT2D eigenvalue weighted by Crippen LogP contribution is -2.30. The first kappa shape index (κ1) is 95.7. The standard InChI is InChI=1S/C81H140O17P2/c1-5-9-13-17-21-25-29-33-35-37-39-43-46-50-54-58-62-66-79(84)92-72-77(98-81(86)68-64-60-56-52-48-44-40-38-36-34-30-26-22-18-14-10-6-2)74-96-100(89,90)94-70-75(82)69-93-99(87,88)95-73-76(97-80(85)67-63-59-55-51-47-42-32-28-24-20-16-12-8-4)71-91-78(83)65-61-57-53-49-45-41-31-27-23-19-15-11-7-3/h21-22,25-26,28,32-36,39-40,43-44,50,52,54,56,75-77,82H,5-20,23-24,27,29-31,37-38,41-42,45-49,51,53,55,57-74H2,1-4H3,(H,87,88)(H,89,90)/b25-21-,26-22-,32-28-,35-33-,36-34-,43-39-,44-40-,54-50-,56-52-/t75-,76-,77-/m1/s1. The lowest BCUT2D eigenvalue weighted by Gasteiger charge is -2.21. The Morgan fingerprint density at radius 2 is 0.500 bits per heavy atom. The number of hydrogen-bond donors (Lipinski definition) is 3. The van der Waals surface area contributed by atoms with Gasteiger partial charge in [-0.1, -0.05) is 278 Å². The molecule has 19 heteroatoms. The van der Waals surface area contributed by atoms with E-state index in [1.54, 1.807) is 0 Å². The van der Waals surface area contributed by atoms with E-state index in [0.29, 0.717) is 38.5 Å². The zero-order valence-electron chi connectivity index (χ0n) is 62.8. The molecule has 0 aliphatic carbocycles. The second-order valence-corrected chi connectivity index (χ2v) is 28.9. The van der Waals surface area contributed by atoms with E-state index in [2.05, 4.69) is 113 Å². The summed E-state index contributed by atoms with van der Waals surface area (Å²) in [5.74, 6) is -2.30. The Hall–Kier alpha value is -4.28. The molecule has 100 heavy (non-hydrogen) atoms. The van der Waals surface area contributed by atoms with E-state index in [1.807, 2.05) is 24.3 Å². The van der Waals surface area contributed by atoms with E-state index in [-0.39, 0.29) is 25.7 Å². The average Bonchev–Trinajstić information content (AvgIpc) is 1.15. The Bertz CT molecular complexity index is 2320. The summed E-state index contributed by atoms with van der Waals surface area (Å²) in [5, 5.41) is 10.6. The quantitative estimate of drug-likeness (QED) is 0.0169. The van der Waals surface area contributed by atoms with E-state index >= 15 is 0 Å². The molecule has 576 valence electrons. The first-order chi connectivity index (χ1) is 48.7. The number of carbonyl (C=O) groups is 4. The monoisotopic (exact) mass is 1450 g/mol. The predicted octanol–water partition coefficient (Wildman–Crippen LogP) is 22.6. The van der Waals surface area contributed by atoms with E-state index < -0.39 is 97.5 Å². The molecule has 0 aromatic heterocycles. The van der Waals surface area contributed by atoms with E-state index in [1.165, 1.54) is 122 Å². The molecule has 0 aliphatic heterocycles. The average molecular weight is 1450 g/mol. The summed E-state index contributed by atoms with van der Waals surface area (Å²) in [4.78, 5) is 72.8. The SMILES string of the molecule is CCCCC/C=C\C/C=C\C/C=C\C/C=C\CCCC(=O)OC[C@H](COP(=O)(O)OC[C@H](O)COP(=O)(O)OC[C@@H](COC(=O)CCCCCCCCCCCCCCC)OC(=O)CCCCCCC/C=C\CCCCCC)OC(=O)CCC/C=C\C/C=C\C/C=C\C/C=C\CCCCC. The number of ether oxygens (including phenoxy) is 4. The van der Waals surface area contributed by atoms with Gasteiger partial charge in [-0.15, -0.1) is 0 Å².